The number of amides is 1. The number of benzene rings is 2. The molecule has 0 aliphatic heterocycles. The lowest BCUT2D eigenvalue weighted by atomic mass is 10.1. The van der Waals surface area contributed by atoms with Crippen molar-refractivity contribution < 1.29 is 33.7 Å². The third kappa shape index (κ3) is 5.34. The van der Waals surface area contributed by atoms with Gasteiger partial charge in [-0.15, -0.1) is 0 Å². The predicted molar refractivity (Wildman–Crippen MR) is 101 cm³/mol. The van der Waals surface area contributed by atoms with Gasteiger partial charge >= 0.3 is 11.9 Å². The van der Waals surface area contributed by atoms with E-state index in [1.54, 1.807) is 13.0 Å². The predicted octanol–water partition coefficient (Wildman–Crippen LogP) is 2.39. The van der Waals surface area contributed by atoms with Crippen LogP contribution in [-0.4, -0.2) is 41.4 Å². The lowest BCUT2D eigenvalue weighted by Gasteiger charge is -2.08. The van der Waals surface area contributed by atoms with Crippen LogP contribution in [0.1, 0.15) is 26.3 Å². The molecule has 0 aromatic heterocycles. The molecule has 0 fully saturated rings. The number of ether oxygens (including phenoxy) is 2. The smallest absolute Gasteiger partial charge is 0.338 e. The highest BCUT2D eigenvalue weighted by Gasteiger charge is 2.21. The van der Waals surface area contributed by atoms with Crippen molar-refractivity contribution in [1.82, 2.24) is 0 Å². The van der Waals surface area contributed by atoms with Crippen LogP contribution in [0.4, 0.5) is 17.1 Å². The molecule has 12 heteroatoms. The second kappa shape index (κ2) is 9.23. The number of carbonyl (C=O) groups is 3. The Morgan fingerprint density at radius 1 is 0.967 bits per heavy atom. The molecule has 0 aliphatic rings. The summed E-state index contributed by atoms with van der Waals surface area (Å²) >= 11 is 0. The van der Waals surface area contributed by atoms with Crippen molar-refractivity contribution in [1.29, 1.82) is 0 Å². The molecule has 0 radical (unpaired) electrons. The molecule has 1 amide bonds. The van der Waals surface area contributed by atoms with Crippen LogP contribution >= 0.6 is 0 Å². The maximum absolute atomic E-state index is 12.2. The summed E-state index contributed by atoms with van der Waals surface area (Å²) in [6.07, 6.45) is 0. The minimum Gasteiger partial charge on any atom is -0.465 e. The molecule has 0 bridgehead atoms. The molecule has 0 unspecified atom stereocenters. The molecule has 2 aromatic rings. The van der Waals surface area contributed by atoms with E-state index in [0.29, 0.717) is 5.56 Å². The molecule has 2 aromatic carbocycles. The van der Waals surface area contributed by atoms with Gasteiger partial charge in [0.15, 0.2) is 6.61 Å². The van der Waals surface area contributed by atoms with E-state index in [1.165, 1.54) is 12.1 Å². The largest absolute Gasteiger partial charge is 0.465 e. The zero-order chi connectivity index (χ0) is 22.4. The van der Waals surface area contributed by atoms with Gasteiger partial charge in [-0.2, -0.15) is 0 Å². The summed E-state index contributed by atoms with van der Waals surface area (Å²) in [7, 11) is 1.06. The first kappa shape index (κ1) is 21.9. The first-order valence-corrected chi connectivity index (χ1v) is 8.22. The van der Waals surface area contributed by atoms with Crippen molar-refractivity contribution in [2.24, 2.45) is 0 Å². The molecule has 0 spiro atoms. The zero-order valence-corrected chi connectivity index (χ0v) is 15.7. The minimum atomic E-state index is -1.11. The SMILES string of the molecule is COC(=O)c1cc(C(=O)OCC(=O)Nc2ccc(C)cc2[N+](=O)[O-])cc([N+](=O)[O-])c1. The van der Waals surface area contributed by atoms with Gasteiger partial charge in [-0.3, -0.25) is 25.0 Å². The number of anilines is 1. The number of nitro benzene ring substituents is 2. The van der Waals surface area contributed by atoms with Crippen LogP contribution < -0.4 is 5.32 Å². The van der Waals surface area contributed by atoms with Crippen LogP contribution in [0.25, 0.3) is 0 Å². The highest BCUT2D eigenvalue weighted by atomic mass is 16.6. The van der Waals surface area contributed by atoms with Gasteiger partial charge in [0, 0.05) is 18.2 Å². The summed E-state index contributed by atoms with van der Waals surface area (Å²) in [4.78, 5) is 56.4. The van der Waals surface area contributed by atoms with Crippen molar-refractivity contribution >= 4 is 34.9 Å². The van der Waals surface area contributed by atoms with E-state index >= 15 is 0 Å². The zero-order valence-electron chi connectivity index (χ0n) is 15.7. The third-order valence-electron chi connectivity index (χ3n) is 3.74. The van der Waals surface area contributed by atoms with Gasteiger partial charge in [0.05, 0.1) is 28.1 Å². The first-order chi connectivity index (χ1) is 14.1. The number of methoxy groups -OCH3 is 1. The second-order valence-electron chi connectivity index (χ2n) is 5.92. The molecule has 2 rings (SSSR count). The second-order valence-corrected chi connectivity index (χ2v) is 5.92. The van der Waals surface area contributed by atoms with Crippen LogP contribution in [0.2, 0.25) is 0 Å². The highest BCUT2D eigenvalue weighted by Crippen LogP contribution is 2.25. The van der Waals surface area contributed by atoms with Crippen molar-refractivity contribution in [2.45, 2.75) is 6.92 Å². The lowest BCUT2D eigenvalue weighted by molar-refractivity contribution is -0.384. The number of hydrogen-bond acceptors (Lipinski definition) is 9. The van der Waals surface area contributed by atoms with Crippen molar-refractivity contribution in [2.75, 3.05) is 19.0 Å². The Morgan fingerprint density at radius 2 is 1.60 bits per heavy atom. The maximum atomic E-state index is 12.2. The summed E-state index contributed by atoms with van der Waals surface area (Å²) in [5.41, 5.74) is -0.967. The van der Waals surface area contributed by atoms with Gasteiger partial charge in [0.1, 0.15) is 5.69 Å². The van der Waals surface area contributed by atoms with Crippen molar-refractivity contribution in [3.8, 4) is 0 Å². The summed E-state index contributed by atoms with van der Waals surface area (Å²) in [5, 5.41) is 24.3. The summed E-state index contributed by atoms with van der Waals surface area (Å²) in [5.74, 6) is -2.89. The van der Waals surface area contributed by atoms with E-state index in [-0.39, 0.29) is 22.5 Å². The quantitative estimate of drug-likeness (QED) is 0.404. The number of nitrogens with zero attached hydrogens (tertiary/aromatic N) is 2. The molecule has 30 heavy (non-hydrogen) atoms. The maximum Gasteiger partial charge on any atom is 0.338 e. The number of nitro groups is 2. The summed E-state index contributed by atoms with van der Waals surface area (Å²) in [6.45, 7) is 0.822. The van der Waals surface area contributed by atoms with Crippen LogP contribution in [0.5, 0.6) is 0 Å². The monoisotopic (exact) mass is 417 g/mol. The molecule has 0 heterocycles. The Balaban J connectivity index is 2.13. The van der Waals surface area contributed by atoms with Gasteiger partial charge in [-0.25, -0.2) is 9.59 Å². The lowest BCUT2D eigenvalue weighted by Crippen LogP contribution is -2.21. The fraction of sp³-hybridized carbons (Fsp3) is 0.167. The molecule has 12 nitrogen and oxygen atoms in total. The van der Waals surface area contributed by atoms with Crippen LogP contribution in [0, 0.1) is 27.2 Å². The normalized spacial score (nSPS) is 10.1. The Hall–Kier alpha value is -4.35. The number of nitrogens with one attached hydrogen (secondary N) is 1. The Labute approximate surface area is 168 Å². The topological polar surface area (TPSA) is 168 Å². The van der Waals surface area contributed by atoms with E-state index in [0.717, 1.165) is 25.3 Å². The van der Waals surface area contributed by atoms with Gasteiger partial charge in [0.25, 0.3) is 17.3 Å². The molecule has 156 valence electrons. The molecular formula is C18H15N3O9. The van der Waals surface area contributed by atoms with Crippen LogP contribution in [0.15, 0.2) is 36.4 Å². The molecule has 1 N–H and O–H groups in total. The van der Waals surface area contributed by atoms with Crippen molar-refractivity contribution in [3.05, 3.63) is 73.3 Å². The summed E-state index contributed by atoms with van der Waals surface area (Å²) < 4.78 is 9.27. The highest BCUT2D eigenvalue weighted by molar-refractivity contribution is 5.99. The number of rotatable bonds is 7. The number of esters is 2. The fourth-order valence-electron chi connectivity index (χ4n) is 2.37. The Bertz CT molecular complexity index is 1050. The number of non-ortho nitro benzene ring substituents is 1. The fourth-order valence-corrected chi connectivity index (χ4v) is 2.37. The average molecular weight is 417 g/mol. The third-order valence-corrected chi connectivity index (χ3v) is 3.74. The van der Waals surface area contributed by atoms with Crippen molar-refractivity contribution in [3.63, 3.8) is 0 Å². The van der Waals surface area contributed by atoms with Crippen LogP contribution in [0.3, 0.4) is 0 Å². The van der Waals surface area contributed by atoms with E-state index in [1.807, 2.05) is 0 Å². The van der Waals surface area contributed by atoms with E-state index in [4.69, 9.17) is 4.74 Å². The number of aryl methyl sites for hydroxylation is 1. The average Bonchev–Trinajstić information content (AvgIpc) is 2.72. The molecular weight excluding hydrogens is 402 g/mol. The minimum absolute atomic E-state index is 0.0880. The molecule has 0 aliphatic carbocycles. The van der Waals surface area contributed by atoms with E-state index in [2.05, 4.69) is 10.1 Å². The molecule has 0 saturated heterocycles. The first-order valence-electron chi connectivity index (χ1n) is 8.22. The van der Waals surface area contributed by atoms with Crippen LogP contribution in [-0.2, 0) is 14.3 Å². The molecule has 0 atom stereocenters. The summed E-state index contributed by atoms with van der Waals surface area (Å²) in [6, 6.07) is 6.95. The van der Waals surface area contributed by atoms with Gasteiger partial charge in [-0.1, -0.05) is 6.07 Å². The Morgan fingerprint density at radius 3 is 2.17 bits per heavy atom. The molecule has 0 saturated carbocycles. The number of hydrogen-bond donors (Lipinski definition) is 1. The standard InChI is InChI=1S/C18H15N3O9/c1-10-3-4-14(15(5-10)21(27)28)19-16(22)9-30-18(24)12-6-11(17(23)29-2)7-13(8-12)20(25)26/h3-8H,9H2,1-2H3,(H,19,22). The van der Waals surface area contributed by atoms with E-state index in [9.17, 15) is 34.6 Å². The van der Waals surface area contributed by atoms with Gasteiger partial charge in [0.2, 0.25) is 0 Å². The van der Waals surface area contributed by atoms with E-state index < -0.39 is 40.0 Å². The number of carbonyl (C=O) groups excluding carboxylic acids is 3. The van der Waals surface area contributed by atoms with Gasteiger partial charge in [-0.05, 0) is 24.6 Å². The van der Waals surface area contributed by atoms with Gasteiger partial charge < -0.3 is 14.8 Å². The Kier molecular flexibility index (Phi) is 6.75.